The number of hydrogen-bond donors (Lipinski definition) is 1. The molecule has 0 fully saturated rings. The van der Waals surface area contributed by atoms with Crippen LogP contribution >= 0.6 is 0 Å². The maximum Gasteiger partial charge on any atom is 0.573 e. The van der Waals surface area contributed by atoms with E-state index in [4.69, 9.17) is 0 Å². The highest BCUT2D eigenvalue weighted by molar-refractivity contribution is 7.94. The topological polar surface area (TPSA) is 81.2 Å². The number of nitrogens with one attached hydrogen (secondary N) is 1. The molecule has 0 amide bonds. The molecule has 1 N–H and O–H groups in total. The number of rotatable bonds is 6. The molecule has 4 aromatic rings. The molecule has 33 heavy (non-hydrogen) atoms. The summed E-state index contributed by atoms with van der Waals surface area (Å²) in [5.41, 5.74) is 1.49. The van der Waals surface area contributed by atoms with Crippen molar-refractivity contribution in [3.8, 4) is 17.0 Å². The fourth-order valence-corrected chi connectivity index (χ4v) is 3.88. The second kappa shape index (κ2) is 8.55. The Balaban J connectivity index is 0.00000324. The Bertz CT molecular complexity index is 1440. The zero-order chi connectivity index (χ0) is 23.6. The van der Waals surface area contributed by atoms with Crippen LogP contribution in [0.2, 0.25) is 0 Å². The number of fused-ring (bicyclic) bond motifs is 1. The van der Waals surface area contributed by atoms with Gasteiger partial charge in [-0.05, 0) is 48.5 Å². The summed E-state index contributed by atoms with van der Waals surface area (Å²) in [4.78, 5) is 8.80. The minimum atomic E-state index is -4.80. The molecule has 0 radical (unpaired) electrons. The number of sulfone groups is 1. The lowest BCUT2D eigenvalue weighted by molar-refractivity contribution is -0.274. The van der Waals surface area contributed by atoms with Gasteiger partial charge in [0.2, 0.25) is 0 Å². The van der Waals surface area contributed by atoms with E-state index < -0.39 is 16.2 Å². The normalized spacial score (nSPS) is 11.8. The van der Waals surface area contributed by atoms with E-state index >= 15 is 0 Å². The van der Waals surface area contributed by atoms with E-state index in [2.05, 4.69) is 26.6 Å². The van der Waals surface area contributed by atoms with Crippen molar-refractivity contribution in [2.24, 2.45) is 0 Å². The molecular weight excluding hydrogens is 455 g/mol. The highest BCUT2D eigenvalue weighted by atomic mass is 32.2. The minimum absolute atomic E-state index is 0. The van der Waals surface area contributed by atoms with Crippen molar-refractivity contribution >= 4 is 32.1 Å². The van der Waals surface area contributed by atoms with Gasteiger partial charge < -0.3 is 10.1 Å². The van der Waals surface area contributed by atoms with Crippen molar-refractivity contribution in [3.63, 3.8) is 0 Å². The van der Waals surface area contributed by atoms with Crippen molar-refractivity contribution in [1.29, 1.82) is 0 Å². The number of benzene rings is 2. The quantitative estimate of drug-likeness (QED) is 0.364. The molecule has 2 aromatic heterocycles. The van der Waals surface area contributed by atoms with Gasteiger partial charge in [0.25, 0.3) is 0 Å². The van der Waals surface area contributed by atoms with E-state index in [0.29, 0.717) is 28.1 Å². The van der Waals surface area contributed by atoms with Crippen LogP contribution in [0.3, 0.4) is 0 Å². The minimum Gasteiger partial charge on any atom is -0.406 e. The Morgan fingerprint density at radius 1 is 1.03 bits per heavy atom. The predicted octanol–water partition coefficient (Wildman–Crippen LogP) is 6.10. The van der Waals surface area contributed by atoms with E-state index in [1.807, 2.05) is 0 Å². The molecule has 10 heteroatoms. The standard InChI is InChI=1S/C23H16F3N3O3S.H2/c1-2-33(30,31)19-8-6-17(7-9-19)29-21-13-20-16(14-28-21)10-11-27-22(20)15-4-3-5-18(12-15)32-23(24,25)26;/h2-14H,1H2,(H,28,29);1H. The van der Waals surface area contributed by atoms with E-state index in [-0.39, 0.29) is 12.1 Å². The average molecular weight is 473 g/mol. The molecule has 0 spiro atoms. The van der Waals surface area contributed by atoms with Crippen LogP contribution in [0.1, 0.15) is 1.43 Å². The van der Waals surface area contributed by atoms with E-state index in [1.54, 1.807) is 42.7 Å². The van der Waals surface area contributed by atoms with Crippen LogP contribution in [0.4, 0.5) is 24.7 Å². The van der Waals surface area contributed by atoms with Gasteiger partial charge in [-0.2, -0.15) is 0 Å². The fraction of sp³-hybridized carbons (Fsp3) is 0.0435. The number of hydrogen-bond acceptors (Lipinski definition) is 6. The van der Waals surface area contributed by atoms with Crippen molar-refractivity contribution in [2.45, 2.75) is 11.3 Å². The van der Waals surface area contributed by atoms with Gasteiger partial charge in [0.1, 0.15) is 11.6 Å². The van der Waals surface area contributed by atoms with Crippen LogP contribution in [0, 0.1) is 0 Å². The number of alkyl halides is 3. The monoisotopic (exact) mass is 473 g/mol. The number of halogens is 3. The first-order valence-electron chi connectivity index (χ1n) is 9.50. The number of nitrogens with zero attached hydrogens (tertiary/aromatic N) is 2. The first-order valence-corrected chi connectivity index (χ1v) is 11.0. The van der Waals surface area contributed by atoms with Crippen LogP contribution in [0.5, 0.6) is 5.75 Å². The van der Waals surface area contributed by atoms with Gasteiger partial charge in [-0.25, -0.2) is 13.4 Å². The average Bonchev–Trinajstić information content (AvgIpc) is 2.78. The van der Waals surface area contributed by atoms with Crippen LogP contribution in [0.25, 0.3) is 22.0 Å². The molecule has 6 nitrogen and oxygen atoms in total. The van der Waals surface area contributed by atoms with Crippen LogP contribution in [-0.4, -0.2) is 24.7 Å². The van der Waals surface area contributed by atoms with Crippen LogP contribution < -0.4 is 10.1 Å². The molecule has 170 valence electrons. The largest absolute Gasteiger partial charge is 0.573 e. The molecule has 0 saturated carbocycles. The smallest absolute Gasteiger partial charge is 0.406 e. The van der Waals surface area contributed by atoms with Crippen LogP contribution in [0.15, 0.2) is 89.9 Å². The number of pyridine rings is 2. The van der Waals surface area contributed by atoms with Gasteiger partial charge in [-0.3, -0.25) is 4.98 Å². The van der Waals surface area contributed by atoms with Gasteiger partial charge in [0.15, 0.2) is 9.84 Å². The Morgan fingerprint density at radius 3 is 2.48 bits per heavy atom. The van der Waals surface area contributed by atoms with Gasteiger partial charge in [-0.15, -0.1) is 13.2 Å². The molecule has 4 rings (SSSR count). The van der Waals surface area contributed by atoms with Gasteiger partial charge in [-0.1, -0.05) is 18.7 Å². The maximum atomic E-state index is 12.6. The summed E-state index contributed by atoms with van der Waals surface area (Å²) in [7, 11) is -3.54. The van der Waals surface area contributed by atoms with Crippen molar-refractivity contribution in [2.75, 3.05) is 5.32 Å². The molecule has 2 heterocycles. The molecule has 0 bridgehead atoms. The van der Waals surface area contributed by atoms with Gasteiger partial charge in [0, 0.05) is 41.3 Å². The summed E-state index contributed by atoms with van der Waals surface area (Å²) >= 11 is 0. The SMILES string of the molecule is C=CS(=O)(=O)c1ccc(Nc2cc3c(-c4cccc(OC(F)(F)F)c4)nccc3cn2)cc1.[HH]. The lowest BCUT2D eigenvalue weighted by Gasteiger charge is -2.12. The Labute approximate surface area is 188 Å². The van der Waals surface area contributed by atoms with Crippen molar-refractivity contribution in [3.05, 3.63) is 85.0 Å². The molecule has 0 aliphatic rings. The zero-order valence-corrected chi connectivity index (χ0v) is 17.7. The van der Waals surface area contributed by atoms with E-state index in [1.165, 1.54) is 30.3 Å². The van der Waals surface area contributed by atoms with Crippen molar-refractivity contribution in [1.82, 2.24) is 9.97 Å². The molecule has 0 atom stereocenters. The Hall–Kier alpha value is -3.92. The third-order valence-corrected chi connectivity index (χ3v) is 6.03. The maximum absolute atomic E-state index is 12.6. The first kappa shape index (κ1) is 22.3. The second-order valence-corrected chi connectivity index (χ2v) is 8.78. The highest BCUT2D eigenvalue weighted by Crippen LogP contribution is 2.32. The molecule has 0 aliphatic carbocycles. The Morgan fingerprint density at radius 2 is 1.79 bits per heavy atom. The summed E-state index contributed by atoms with van der Waals surface area (Å²) in [6.45, 7) is 3.30. The first-order chi connectivity index (χ1) is 15.6. The summed E-state index contributed by atoms with van der Waals surface area (Å²) in [5.74, 6) is 0.0968. The molecule has 2 aromatic carbocycles. The zero-order valence-electron chi connectivity index (χ0n) is 16.9. The molecule has 0 saturated heterocycles. The summed E-state index contributed by atoms with van der Waals surface area (Å²) in [6, 6.07) is 15.1. The van der Waals surface area contributed by atoms with Gasteiger partial charge in [0.05, 0.1) is 10.6 Å². The lowest BCUT2D eigenvalue weighted by Crippen LogP contribution is -2.17. The number of aromatic nitrogens is 2. The summed E-state index contributed by atoms with van der Waals surface area (Å²) < 4.78 is 65.6. The van der Waals surface area contributed by atoms with Gasteiger partial charge >= 0.3 is 6.36 Å². The highest BCUT2D eigenvalue weighted by Gasteiger charge is 2.31. The number of anilines is 2. The summed E-state index contributed by atoms with van der Waals surface area (Å²) in [6.07, 6.45) is -1.65. The Kier molecular flexibility index (Phi) is 5.77. The molecular formula is C23H18F3N3O3S. The van der Waals surface area contributed by atoms with Crippen molar-refractivity contribution < 1.29 is 27.8 Å². The predicted molar refractivity (Wildman–Crippen MR) is 121 cm³/mol. The number of ether oxygens (including phenoxy) is 1. The third kappa shape index (κ3) is 5.12. The summed E-state index contributed by atoms with van der Waals surface area (Å²) in [5, 5.41) is 5.35. The van der Waals surface area contributed by atoms with Crippen LogP contribution in [-0.2, 0) is 9.84 Å². The third-order valence-electron chi connectivity index (χ3n) is 4.66. The fourth-order valence-electron chi connectivity index (χ4n) is 3.18. The van der Waals surface area contributed by atoms with E-state index in [9.17, 15) is 21.6 Å². The molecule has 0 aliphatic heterocycles. The molecule has 0 unspecified atom stereocenters. The van der Waals surface area contributed by atoms with E-state index in [0.717, 1.165) is 10.8 Å². The lowest BCUT2D eigenvalue weighted by atomic mass is 10.1. The second-order valence-electron chi connectivity index (χ2n) is 6.89.